The maximum atomic E-state index is 11.3. The van der Waals surface area contributed by atoms with Gasteiger partial charge in [-0.3, -0.25) is 9.59 Å². The Kier molecular flexibility index (Phi) is 5.31. The van der Waals surface area contributed by atoms with Crippen LogP contribution in [-0.2, 0) is 9.59 Å². The molecule has 0 radical (unpaired) electrons. The second-order valence-electron chi connectivity index (χ2n) is 5.49. The van der Waals surface area contributed by atoms with E-state index in [1.807, 2.05) is 26.0 Å². The van der Waals surface area contributed by atoms with E-state index >= 15 is 0 Å². The van der Waals surface area contributed by atoms with Crippen LogP contribution in [0.15, 0.2) is 24.3 Å². The van der Waals surface area contributed by atoms with Crippen molar-refractivity contribution in [3.63, 3.8) is 0 Å². The lowest BCUT2D eigenvalue weighted by molar-refractivity contribution is -0.148. The Morgan fingerprint density at radius 3 is 2.25 bits per heavy atom. The van der Waals surface area contributed by atoms with Gasteiger partial charge in [0.2, 0.25) is 0 Å². The van der Waals surface area contributed by atoms with Crippen molar-refractivity contribution in [3.05, 3.63) is 29.8 Å². The first-order chi connectivity index (χ1) is 9.28. The molecule has 2 unspecified atom stereocenters. The predicted octanol–water partition coefficient (Wildman–Crippen LogP) is 3.61. The maximum absolute atomic E-state index is 11.3. The molecule has 0 saturated carbocycles. The molecule has 1 N–H and O–H groups in total. The molecule has 4 heteroatoms. The van der Waals surface area contributed by atoms with Gasteiger partial charge in [0, 0.05) is 6.92 Å². The Hall–Kier alpha value is -1.84. The predicted molar refractivity (Wildman–Crippen MR) is 76.8 cm³/mol. The minimum absolute atomic E-state index is 0.127. The van der Waals surface area contributed by atoms with Gasteiger partial charge in [-0.15, -0.1) is 0 Å². The van der Waals surface area contributed by atoms with Gasteiger partial charge in [0.05, 0.1) is 5.41 Å². The van der Waals surface area contributed by atoms with Gasteiger partial charge in [-0.05, 0) is 43.4 Å². The van der Waals surface area contributed by atoms with Crippen LogP contribution in [0.3, 0.4) is 0 Å². The second kappa shape index (κ2) is 6.55. The van der Waals surface area contributed by atoms with Crippen LogP contribution < -0.4 is 4.74 Å². The number of benzene rings is 1. The molecule has 4 nitrogen and oxygen atoms in total. The first kappa shape index (κ1) is 16.2. The zero-order valence-electron chi connectivity index (χ0n) is 12.5. The summed E-state index contributed by atoms with van der Waals surface area (Å²) in [5.41, 5.74) is 0.329. The van der Waals surface area contributed by atoms with Gasteiger partial charge in [-0.25, -0.2) is 0 Å². The van der Waals surface area contributed by atoms with E-state index in [9.17, 15) is 14.7 Å². The van der Waals surface area contributed by atoms with E-state index < -0.39 is 11.4 Å². The highest BCUT2D eigenvalue weighted by atomic mass is 16.5. The highest BCUT2D eigenvalue weighted by Crippen LogP contribution is 2.35. The second-order valence-corrected chi connectivity index (χ2v) is 5.49. The summed E-state index contributed by atoms with van der Waals surface area (Å²) in [4.78, 5) is 22.2. The van der Waals surface area contributed by atoms with Gasteiger partial charge < -0.3 is 9.84 Å². The van der Waals surface area contributed by atoms with Crippen LogP contribution in [0, 0.1) is 5.41 Å². The lowest BCUT2D eigenvalue weighted by atomic mass is 9.77. The van der Waals surface area contributed by atoms with Gasteiger partial charge in [-0.2, -0.15) is 0 Å². The highest BCUT2D eigenvalue weighted by Gasteiger charge is 2.33. The highest BCUT2D eigenvalue weighted by molar-refractivity contribution is 5.74. The first-order valence-corrected chi connectivity index (χ1v) is 6.80. The largest absolute Gasteiger partial charge is 0.481 e. The van der Waals surface area contributed by atoms with Gasteiger partial charge >= 0.3 is 11.9 Å². The molecular formula is C16H22O4. The summed E-state index contributed by atoms with van der Waals surface area (Å²) in [6, 6.07) is 7.22. The number of hydrogen-bond donors (Lipinski definition) is 1. The fourth-order valence-corrected chi connectivity index (χ4v) is 2.21. The van der Waals surface area contributed by atoms with Crippen LogP contribution in [0.1, 0.15) is 52.0 Å². The number of carboxylic acids is 1. The van der Waals surface area contributed by atoms with Crippen LogP contribution >= 0.6 is 0 Å². The summed E-state index contributed by atoms with van der Waals surface area (Å²) < 4.78 is 4.98. The van der Waals surface area contributed by atoms with Crippen LogP contribution in [0.4, 0.5) is 0 Å². The monoisotopic (exact) mass is 278 g/mol. The number of aliphatic carboxylic acids is 1. The molecule has 2 atom stereocenters. The summed E-state index contributed by atoms with van der Waals surface area (Å²) in [5.74, 6) is -0.481. The molecule has 110 valence electrons. The van der Waals surface area contributed by atoms with E-state index in [0.29, 0.717) is 18.6 Å². The standard InChI is InChI=1S/C16H22O4/c1-5-16(4,15(18)19)10-11(2)13-6-8-14(9-7-13)20-12(3)17/h6-9,11H,5,10H2,1-4H3,(H,18,19). The van der Waals surface area contributed by atoms with Crippen LogP contribution in [0.5, 0.6) is 5.75 Å². The molecule has 0 aromatic heterocycles. The third-order valence-electron chi connectivity index (χ3n) is 3.76. The molecule has 20 heavy (non-hydrogen) atoms. The molecule has 0 heterocycles. The van der Waals surface area contributed by atoms with E-state index in [-0.39, 0.29) is 11.9 Å². The third-order valence-corrected chi connectivity index (χ3v) is 3.76. The fourth-order valence-electron chi connectivity index (χ4n) is 2.21. The molecule has 0 aliphatic heterocycles. The number of carbonyl (C=O) groups excluding carboxylic acids is 1. The van der Waals surface area contributed by atoms with Crippen molar-refractivity contribution in [2.24, 2.45) is 5.41 Å². The van der Waals surface area contributed by atoms with Crippen molar-refractivity contribution in [3.8, 4) is 5.75 Å². The number of esters is 1. The van der Waals surface area contributed by atoms with Gasteiger partial charge in [0.25, 0.3) is 0 Å². The Balaban J connectivity index is 2.80. The zero-order chi connectivity index (χ0) is 15.3. The van der Waals surface area contributed by atoms with Gasteiger partial charge in [0.1, 0.15) is 5.75 Å². The molecule has 0 spiro atoms. The van der Waals surface area contributed by atoms with Crippen molar-refractivity contribution >= 4 is 11.9 Å². The summed E-state index contributed by atoms with van der Waals surface area (Å²) >= 11 is 0. The number of hydrogen-bond acceptors (Lipinski definition) is 3. The Morgan fingerprint density at radius 1 is 1.30 bits per heavy atom. The number of rotatable bonds is 6. The fraction of sp³-hybridized carbons (Fsp3) is 0.500. The van der Waals surface area contributed by atoms with E-state index in [1.54, 1.807) is 19.1 Å². The number of ether oxygens (including phenoxy) is 1. The van der Waals surface area contributed by atoms with Gasteiger partial charge in [0.15, 0.2) is 0 Å². The molecule has 1 aromatic carbocycles. The molecule has 1 rings (SSSR count). The lowest BCUT2D eigenvalue weighted by Crippen LogP contribution is -2.28. The maximum Gasteiger partial charge on any atom is 0.309 e. The quantitative estimate of drug-likeness (QED) is 0.638. The summed E-state index contributed by atoms with van der Waals surface area (Å²) in [6.45, 7) is 7.04. The molecule has 1 aromatic rings. The van der Waals surface area contributed by atoms with E-state index in [4.69, 9.17) is 4.74 Å². The van der Waals surface area contributed by atoms with Crippen molar-refractivity contribution in [2.75, 3.05) is 0 Å². The topological polar surface area (TPSA) is 63.6 Å². The first-order valence-electron chi connectivity index (χ1n) is 6.80. The molecule has 0 aliphatic carbocycles. The average Bonchev–Trinajstić information content (AvgIpc) is 2.38. The molecule has 0 bridgehead atoms. The minimum Gasteiger partial charge on any atom is -0.481 e. The normalized spacial score (nSPS) is 15.2. The minimum atomic E-state index is -0.761. The van der Waals surface area contributed by atoms with Crippen molar-refractivity contribution in [2.45, 2.75) is 46.5 Å². The third kappa shape index (κ3) is 4.08. The molecule has 0 aliphatic rings. The molecule has 0 saturated heterocycles. The van der Waals surface area contributed by atoms with Crippen molar-refractivity contribution < 1.29 is 19.4 Å². The number of carboxylic acid groups (broad SMARTS) is 1. The smallest absolute Gasteiger partial charge is 0.309 e. The Bertz CT molecular complexity index is 478. The Morgan fingerprint density at radius 2 is 1.85 bits per heavy atom. The van der Waals surface area contributed by atoms with E-state index in [1.165, 1.54) is 6.92 Å². The van der Waals surface area contributed by atoms with Crippen LogP contribution in [-0.4, -0.2) is 17.0 Å². The SMILES string of the molecule is CCC(C)(CC(C)c1ccc(OC(C)=O)cc1)C(=O)O. The lowest BCUT2D eigenvalue weighted by Gasteiger charge is -2.26. The van der Waals surface area contributed by atoms with Gasteiger partial charge in [-0.1, -0.05) is 26.0 Å². The molecular weight excluding hydrogens is 256 g/mol. The number of carbonyl (C=O) groups is 2. The zero-order valence-corrected chi connectivity index (χ0v) is 12.5. The van der Waals surface area contributed by atoms with E-state index in [2.05, 4.69) is 0 Å². The summed E-state index contributed by atoms with van der Waals surface area (Å²) in [6.07, 6.45) is 1.17. The van der Waals surface area contributed by atoms with Crippen LogP contribution in [0.2, 0.25) is 0 Å². The van der Waals surface area contributed by atoms with Crippen LogP contribution in [0.25, 0.3) is 0 Å². The Labute approximate surface area is 119 Å². The summed E-state index contributed by atoms with van der Waals surface area (Å²) in [5, 5.41) is 9.31. The van der Waals surface area contributed by atoms with Crippen molar-refractivity contribution in [1.29, 1.82) is 0 Å². The van der Waals surface area contributed by atoms with Crippen molar-refractivity contribution in [1.82, 2.24) is 0 Å². The molecule has 0 fully saturated rings. The molecule has 0 amide bonds. The summed E-state index contributed by atoms with van der Waals surface area (Å²) in [7, 11) is 0. The van der Waals surface area contributed by atoms with E-state index in [0.717, 1.165) is 5.56 Å². The average molecular weight is 278 g/mol.